The van der Waals surface area contributed by atoms with Crippen LogP contribution in [0.25, 0.3) is 17.1 Å². The summed E-state index contributed by atoms with van der Waals surface area (Å²) in [6.07, 6.45) is 10.5. The van der Waals surface area contributed by atoms with E-state index in [1.54, 1.807) is 18.7 Å². The smallest absolute Gasteiger partial charge is 0.168 e. The monoisotopic (exact) mass is 246 g/mol. The van der Waals surface area contributed by atoms with Gasteiger partial charge < -0.3 is 0 Å². The van der Waals surface area contributed by atoms with Gasteiger partial charge in [-0.3, -0.25) is 9.55 Å². The summed E-state index contributed by atoms with van der Waals surface area (Å²) >= 11 is 0. The third-order valence-electron chi connectivity index (χ3n) is 2.80. The van der Waals surface area contributed by atoms with Gasteiger partial charge in [-0.15, -0.1) is 16.6 Å². The molecule has 4 nitrogen and oxygen atoms in total. The molecule has 0 saturated heterocycles. The largest absolute Gasteiger partial charge is 0.282 e. The first-order valence-corrected chi connectivity index (χ1v) is 5.76. The Morgan fingerprint density at radius 3 is 2.42 bits per heavy atom. The van der Waals surface area contributed by atoms with Crippen LogP contribution in [0.4, 0.5) is 0 Å². The number of hydrogen-bond donors (Lipinski definition) is 0. The van der Waals surface area contributed by atoms with Gasteiger partial charge in [-0.2, -0.15) is 0 Å². The molecule has 90 valence electrons. The number of hydrogen-bond acceptors (Lipinski definition) is 3. The lowest BCUT2D eigenvalue weighted by Gasteiger charge is -2.06. The fourth-order valence-electron chi connectivity index (χ4n) is 1.84. The minimum atomic E-state index is 0.774. The first-order valence-electron chi connectivity index (χ1n) is 5.76. The molecule has 3 rings (SSSR count). The van der Waals surface area contributed by atoms with Crippen molar-refractivity contribution in [1.29, 1.82) is 0 Å². The van der Waals surface area contributed by atoms with Gasteiger partial charge in [0.05, 0.1) is 0 Å². The lowest BCUT2D eigenvalue weighted by molar-refractivity contribution is 1.06. The van der Waals surface area contributed by atoms with Crippen LogP contribution in [0.1, 0.15) is 5.56 Å². The fourth-order valence-corrected chi connectivity index (χ4v) is 1.84. The fraction of sp³-hybridized carbons (Fsp3) is 0. The molecule has 0 spiro atoms. The van der Waals surface area contributed by atoms with E-state index in [2.05, 4.69) is 21.1 Å². The van der Waals surface area contributed by atoms with Gasteiger partial charge in [-0.05, 0) is 36.4 Å². The van der Waals surface area contributed by atoms with E-state index in [4.69, 9.17) is 6.42 Å². The molecule has 0 atom stereocenters. The highest BCUT2D eigenvalue weighted by molar-refractivity contribution is 5.57. The molecule has 0 N–H and O–H groups in total. The minimum Gasteiger partial charge on any atom is -0.282 e. The Balaban J connectivity index is 2.07. The highest BCUT2D eigenvalue weighted by atomic mass is 15.3. The third kappa shape index (κ3) is 2.09. The van der Waals surface area contributed by atoms with Crippen LogP contribution in [0.5, 0.6) is 0 Å². The van der Waals surface area contributed by atoms with Crippen molar-refractivity contribution in [2.24, 2.45) is 0 Å². The van der Waals surface area contributed by atoms with E-state index in [1.807, 2.05) is 41.0 Å². The van der Waals surface area contributed by atoms with Crippen LogP contribution in [0.15, 0.2) is 55.1 Å². The highest BCUT2D eigenvalue weighted by Crippen LogP contribution is 2.19. The van der Waals surface area contributed by atoms with Gasteiger partial charge in [0.15, 0.2) is 5.82 Å². The lowest BCUT2D eigenvalue weighted by Crippen LogP contribution is -1.96. The molecule has 1 aromatic carbocycles. The Morgan fingerprint density at radius 1 is 1.00 bits per heavy atom. The zero-order valence-corrected chi connectivity index (χ0v) is 10.1. The van der Waals surface area contributed by atoms with Crippen molar-refractivity contribution in [3.8, 4) is 29.4 Å². The Labute approximate surface area is 110 Å². The van der Waals surface area contributed by atoms with Crippen LogP contribution < -0.4 is 0 Å². The minimum absolute atomic E-state index is 0.774. The molecule has 2 heterocycles. The maximum Gasteiger partial charge on any atom is 0.168 e. The summed E-state index contributed by atoms with van der Waals surface area (Å²) in [6.45, 7) is 0. The summed E-state index contributed by atoms with van der Waals surface area (Å²) in [5.74, 6) is 3.37. The summed E-state index contributed by atoms with van der Waals surface area (Å²) in [4.78, 5) is 4.00. The first kappa shape index (κ1) is 11.2. The molecule has 0 aliphatic carbocycles. The summed E-state index contributed by atoms with van der Waals surface area (Å²) < 4.78 is 1.91. The molecular weight excluding hydrogens is 236 g/mol. The van der Waals surface area contributed by atoms with E-state index in [0.29, 0.717) is 0 Å². The van der Waals surface area contributed by atoms with Gasteiger partial charge in [0.1, 0.15) is 6.33 Å². The van der Waals surface area contributed by atoms with E-state index < -0.39 is 0 Å². The molecular formula is C15H10N4. The van der Waals surface area contributed by atoms with Crippen LogP contribution >= 0.6 is 0 Å². The molecule has 0 amide bonds. The maximum absolute atomic E-state index is 5.35. The van der Waals surface area contributed by atoms with Crippen molar-refractivity contribution < 1.29 is 0 Å². The van der Waals surface area contributed by atoms with E-state index in [1.165, 1.54) is 0 Å². The summed E-state index contributed by atoms with van der Waals surface area (Å²) in [7, 11) is 0. The van der Waals surface area contributed by atoms with Crippen molar-refractivity contribution in [2.45, 2.75) is 0 Å². The van der Waals surface area contributed by atoms with Gasteiger partial charge in [-0.1, -0.05) is 5.92 Å². The van der Waals surface area contributed by atoms with Gasteiger partial charge in [-0.25, -0.2) is 0 Å². The Hall–Kier alpha value is -2.93. The molecule has 0 saturated carbocycles. The van der Waals surface area contributed by atoms with Crippen molar-refractivity contribution in [3.05, 3.63) is 60.7 Å². The molecule has 0 bridgehead atoms. The zero-order valence-electron chi connectivity index (χ0n) is 10.1. The van der Waals surface area contributed by atoms with Crippen molar-refractivity contribution >= 4 is 0 Å². The molecule has 0 radical (unpaired) electrons. The highest BCUT2D eigenvalue weighted by Gasteiger charge is 2.08. The van der Waals surface area contributed by atoms with Crippen LogP contribution in [0, 0.1) is 12.3 Å². The van der Waals surface area contributed by atoms with Crippen molar-refractivity contribution in [2.75, 3.05) is 0 Å². The van der Waals surface area contributed by atoms with Gasteiger partial charge >= 0.3 is 0 Å². The van der Waals surface area contributed by atoms with E-state index in [-0.39, 0.29) is 0 Å². The Kier molecular flexibility index (Phi) is 2.79. The predicted molar refractivity (Wildman–Crippen MR) is 72.5 cm³/mol. The summed E-state index contributed by atoms with van der Waals surface area (Å²) in [5, 5.41) is 8.12. The van der Waals surface area contributed by atoms with E-state index in [9.17, 15) is 0 Å². The predicted octanol–water partition coefficient (Wildman–Crippen LogP) is 2.31. The number of rotatable bonds is 2. The Morgan fingerprint density at radius 2 is 1.74 bits per heavy atom. The average Bonchev–Trinajstić information content (AvgIpc) is 2.98. The number of nitrogens with zero attached hydrogens (tertiary/aromatic N) is 4. The van der Waals surface area contributed by atoms with Crippen LogP contribution in [-0.4, -0.2) is 19.7 Å². The lowest BCUT2D eigenvalue weighted by atomic mass is 10.2. The first-order chi connectivity index (χ1) is 9.38. The molecule has 3 aromatic rings. The summed E-state index contributed by atoms with van der Waals surface area (Å²) in [6, 6.07) is 11.5. The average molecular weight is 246 g/mol. The van der Waals surface area contributed by atoms with Crippen LogP contribution in [0.3, 0.4) is 0 Å². The number of pyridine rings is 1. The van der Waals surface area contributed by atoms with Crippen molar-refractivity contribution in [1.82, 2.24) is 19.7 Å². The standard InChI is InChI=1S/C15H10N4/c1-2-12-3-5-14(6-4-12)19-11-17-18-15(19)13-7-9-16-10-8-13/h1,3-11H. The maximum atomic E-state index is 5.35. The molecule has 0 aliphatic heterocycles. The van der Waals surface area contributed by atoms with E-state index >= 15 is 0 Å². The van der Waals surface area contributed by atoms with Gasteiger partial charge in [0.25, 0.3) is 0 Å². The van der Waals surface area contributed by atoms with Gasteiger partial charge in [0, 0.05) is 29.2 Å². The second-order valence-electron chi connectivity index (χ2n) is 3.95. The zero-order chi connectivity index (χ0) is 13.1. The molecule has 2 aromatic heterocycles. The number of terminal acetylenes is 1. The van der Waals surface area contributed by atoms with Crippen LogP contribution in [0.2, 0.25) is 0 Å². The second kappa shape index (κ2) is 4.75. The molecule has 0 fully saturated rings. The van der Waals surface area contributed by atoms with Crippen molar-refractivity contribution in [3.63, 3.8) is 0 Å². The Bertz CT molecular complexity index is 721. The SMILES string of the molecule is C#Cc1ccc(-n2cnnc2-c2ccncc2)cc1. The normalized spacial score (nSPS) is 10.1. The molecule has 4 heteroatoms. The second-order valence-corrected chi connectivity index (χ2v) is 3.95. The van der Waals surface area contributed by atoms with E-state index in [0.717, 1.165) is 22.6 Å². The summed E-state index contributed by atoms with van der Waals surface area (Å²) in [5.41, 5.74) is 2.78. The molecule has 19 heavy (non-hydrogen) atoms. The molecule has 0 aliphatic rings. The van der Waals surface area contributed by atoms with Gasteiger partial charge in [0.2, 0.25) is 0 Å². The van der Waals surface area contributed by atoms with Crippen LogP contribution in [-0.2, 0) is 0 Å². The third-order valence-corrected chi connectivity index (χ3v) is 2.80. The quantitative estimate of drug-likeness (QED) is 0.652. The number of benzene rings is 1. The molecule has 0 unspecified atom stereocenters. The topological polar surface area (TPSA) is 43.6 Å². The number of aromatic nitrogens is 4.